The molecule has 3 N–H and O–H groups in total. The molecule has 0 aliphatic rings. The van der Waals surface area contributed by atoms with E-state index in [1.807, 2.05) is 16.9 Å². The van der Waals surface area contributed by atoms with Crippen LogP contribution in [-0.4, -0.2) is 64.8 Å². The number of benzene rings is 2. The predicted molar refractivity (Wildman–Crippen MR) is 126 cm³/mol. The number of carbonyl (C=O) groups is 1. The molecule has 2 aromatic carbocycles. The molecule has 14 heteroatoms. The van der Waals surface area contributed by atoms with E-state index in [0.29, 0.717) is 11.1 Å². The summed E-state index contributed by atoms with van der Waals surface area (Å²) in [6, 6.07) is 9.56. The van der Waals surface area contributed by atoms with Crippen molar-refractivity contribution in [2.75, 3.05) is 6.26 Å². The molecule has 1 aromatic heterocycles. The van der Waals surface area contributed by atoms with E-state index in [4.69, 9.17) is 27.2 Å². The number of hydrogen-bond donors (Lipinski definition) is 2. The molecule has 8 nitrogen and oxygen atoms in total. The topological polar surface area (TPSA) is 132 Å². The summed E-state index contributed by atoms with van der Waals surface area (Å²) >= 11 is 7.81. The first-order chi connectivity index (χ1) is 16.6. The Bertz CT molecular complexity index is 1390. The fourth-order valence-electron chi connectivity index (χ4n) is 3.25. The van der Waals surface area contributed by atoms with E-state index in [1.54, 1.807) is 24.3 Å². The summed E-state index contributed by atoms with van der Waals surface area (Å²) in [7, 11) is -4.08. The number of sulfone groups is 1. The summed E-state index contributed by atoms with van der Waals surface area (Å²) in [6.07, 6.45) is -6.80. The van der Waals surface area contributed by atoms with Gasteiger partial charge in [-0.05, 0) is 0 Å². The van der Waals surface area contributed by atoms with Gasteiger partial charge in [0.2, 0.25) is 0 Å². The fraction of sp³-hybridized carbons (Fsp3) is 0.227. The van der Waals surface area contributed by atoms with Gasteiger partial charge in [0.25, 0.3) is 0 Å². The van der Waals surface area contributed by atoms with E-state index >= 15 is 0 Å². The van der Waals surface area contributed by atoms with Gasteiger partial charge in [-0.2, -0.15) is 0 Å². The summed E-state index contributed by atoms with van der Waals surface area (Å²) in [5, 5.41) is 8.90. The van der Waals surface area contributed by atoms with Gasteiger partial charge >= 0.3 is 219 Å². The fourth-order valence-corrected chi connectivity index (χ4v) is 4.86. The molecule has 3 aromatic rings. The SMILES string of the molecule is CS(=O)(=O)c1cc(Cl)ccc1C(Oc1cc(-c2ccc(C[C@H](N)C(=O)O)cc2)nc([As])n1)C(F)(F)F. The number of ether oxygens (including phenoxy) is 1. The molecule has 0 saturated heterocycles. The second kappa shape index (κ2) is 10.8. The zero-order chi connectivity index (χ0) is 26.8. The third-order valence-electron chi connectivity index (χ3n) is 4.91. The van der Waals surface area contributed by atoms with Crippen LogP contribution in [0.15, 0.2) is 53.4 Å². The Hall–Kier alpha value is -2.66. The molecular weight excluding hydrogens is 586 g/mol. The van der Waals surface area contributed by atoms with E-state index in [9.17, 15) is 26.4 Å². The Morgan fingerprint density at radius 1 is 1.17 bits per heavy atom. The van der Waals surface area contributed by atoms with Gasteiger partial charge < -0.3 is 0 Å². The van der Waals surface area contributed by atoms with Crippen LogP contribution in [0.5, 0.6) is 5.88 Å². The number of rotatable bonds is 8. The number of aliphatic carboxylic acids is 1. The number of carboxylic acid groups (broad SMARTS) is 1. The molecule has 0 fully saturated rings. The summed E-state index contributed by atoms with van der Waals surface area (Å²) < 4.78 is 71.7. The Morgan fingerprint density at radius 2 is 1.81 bits per heavy atom. The van der Waals surface area contributed by atoms with Crippen LogP contribution in [-0.2, 0) is 21.1 Å². The number of nitrogens with two attached hydrogens (primary N) is 1. The van der Waals surface area contributed by atoms with Crippen LogP contribution in [0, 0.1) is 0 Å². The minimum absolute atomic E-state index is 0.0485. The number of carboxylic acids is 1. The normalized spacial score (nSPS) is 13.8. The summed E-state index contributed by atoms with van der Waals surface area (Å²) in [5.41, 5.74) is 6.26. The van der Waals surface area contributed by atoms with Crippen molar-refractivity contribution in [3.63, 3.8) is 0 Å². The quantitative estimate of drug-likeness (QED) is 0.376. The van der Waals surface area contributed by atoms with Gasteiger partial charge in [0.15, 0.2) is 0 Å². The first kappa shape index (κ1) is 27.9. The van der Waals surface area contributed by atoms with Crippen LogP contribution < -0.4 is 15.1 Å². The Morgan fingerprint density at radius 3 is 2.36 bits per heavy atom. The average Bonchev–Trinajstić information content (AvgIpc) is 2.76. The van der Waals surface area contributed by atoms with Gasteiger partial charge in [0.05, 0.1) is 0 Å². The molecule has 1 heterocycles. The predicted octanol–water partition coefficient (Wildman–Crippen LogP) is 2.63. The summed E-state index contributed by atoms with van der Waals surface area (Å²) in [5.74, 6) is -1.59. The van der Waals surface area contributed by atoms with Gasteiger partial charge in [0.1, 0.15) is 0 Å². The zero-order valence-corrected chi connectivity index (χ0v) is 21.8. The Kier molecular flexibility index (Phi) is 8.34. The Balaban J connectivity index is 1.99. The third kappa shape index (κ3) is 6.97. The molecule has 3 rings (SSSR count). The van der Waals surface area contributed by atoms with Crippen LogP contribution >= 0.6 is 11.6 Å². The van der Waals surface area contributed by atoms with Crippen LogP contribution in [0.1, 0.15) is 17.2 Å². The molecule has 2 radical (unpaired) electrons. The molecule has 0 amide bonds. The van der Waals surface area contributed by atoms with E-state index < -0.39 is 50.5 Å². The molecule has 0 aliphatic carbocycles. The molecule has 2 atom stereocenters. The molecule has 36 heavy (non-hydrogen) atoms. The van der Waals surface area contributed by atoms with Crippen molar-refractivity contribution in [1.82, 2.24) is 9.97 Å². The number of nitrogens with zero attached hydrogens (tertiary/aromatic N) is 2. The van der Waals surface area contributed by atoms with Crippen LogP contribution in [0.4, 0.5) is 13.2 Å². The maximum atomic E-state index is 14.0. The van der Waals surface area contributed by atoms with Crippen LogP contribution in [0.2, 0.25) is 5.02 Å². The maximum absolute atomic E-state index is 14.0. The second-order valence-electron chi connectivity index (χ2n) is 7.73. The molecule has 0 bridgehead atoms. The average molecular weight is 604 g/mol. The van der Waals surface area contributed by atoms with Gasteiger partial charge in [-0.1, -0.05) is 0 Å². The van der Waals surface area contributed by atoms with Crippen molar-refractivity contribution in [3.8, 4) is 17.1 Å². The van der Waals surface area contributed by atoms with Gasteiger partial charge in [-0.3, -0.25) is 0 Å². The third-order valence-corrected chi connectivity index (χ3v) is 6.71. The molecule has 0 saturated carbocycles. The van der Waals surface area contributed by atoms with Gasteiger partial charge in [0, 0.05) is 0 Å². The van der Waals surface area contributed by atoms with Gasteiger partial charge in [-0.25, -0.2) is 0 Å². The van der Waals surface area contributed by atoms with Crippen LogP contribution in [0.25, 0.3) is 11.3 Å². The number of halogens is 4. The molecule has 0 spiro atoms. The first-order valence-corrected chi connectivity index (χ1v) is 13.2. The second-order valence-corrected chi connectivity index (χ2v) is 11.0. The molecule has 190 valence electrons. The van der Waals surface area contributed by atoms with Crippen molar-refractivity contribution in [3.05, 3.63) is 64.7 Å². The Labute approximate surface area is 218 Å². The summed E-state index contributed by atoms with van der Waals surface area (Å²) in [6.45, 7) is 0. The van der Waals surface area contributed by atoms with Crippen molar-refractivity contribution < 1.29 is 36.2 Å². The van der Waals surface area contributed by atoms with Gasteiger partial charge in [-0.15, -0.1) is 0 Å². The van der Waals surface area contributed by atoms with Crippen LogP contribution in [0.3, 0.4) is 0 Å². The number of hydrogen-bond acceptors (Lipinski definition) is 7. The van der Waals surface area contributed by atoms with Crippen molar-refractivity contribution in [1.29, 1.82) is 0 Å². The summed E-state index contributed by atoms with van der Waals surface area (Å²) in [4.78, 5) is 18.4. The number of aromatic nitrogens is 2. The number of alkyl halides is 3. The first-order valence-electron chi connectivity index (χ1n) is 10.0. The monoisotopic (exact) mass is 603 g/mol. The van der Waals surface area contributed by atoms with E-state index in [-0.39, 0.29) is 21.7 Å². The molecular formula is C22H18AsClF3N3O5S. The molecule has 0 aliphatic heterocycles. The van der Waals surface area contributed by atoms with E-state index in [0.717, 1.165) is 24.5 Å². The van der Waals surface area contributed by atoms with Crippen molar-refractivity contribution in [2.24, 2.45) is 5.73 Å². The van der Waals surface area contributed by atoms with Crippen molar-refractivity contribution in [2.45, 2.75) is 29.6 Å². The minimum atomic E-state index is -4.99. The van der Waals surface area contributed by atoms with Crippen molar-refractivity contribution >= 4 is 48.9 Å². The van der Waals surface area contributed by atoms with E-state index in [2.05, 4.69) is 9.97 Å². The standard InChI is InChI=1S/C22H18AsClF3N3O5S/c1-36(33,34)17-9-13(24)6-7-14(17)19(22(25,26)27)35-18-10-16(29-21(23)30-18)12-4-2-11(3-5-12)8-15(28)20(31)32/h2-7,9-10,15,19H,8,28H2,1H3,(H,31,32)/t15-,19?/m0/s1. The van der Waals surface area contributed by atoms with E-state index in [1.165, 1.54) is 6.07 Å². The molecule has 1 unspecified atom stereocenters. The zero-order valence-electron chi connectivity index (χ0n) is 18.4.